The minimum Gasteiger partial charge on any atom is -0.492 e. The topological polar surface area (TPSA) is 69.0 Å². The summed E-state index contributed by atoms with van der Waals surface area (Å²) < 4.78 is 7.50. The number of rotatable bonds is 4. The molecule has 1 aliphatic heterocycles. The van der Waals surface area contributed by atoms with Crippen LogP contribution < -0.4 is 10.1 Å². The number of amides is 1. The van der Waals surface area contributed by atoms with Crippen LogP contribution in [0.2, 0.25) is 5.02 Å². The predicted molar refractivity (Wildman–Crippen MR) is 97.3 cm³/mol. The third-order valence-electron chi connectivity index (χ3n) is 4.34. The highest BCUT2D eigenvalue weighted by molar-refractivity contribution is 6.30. The van der Waals surface area contributed by atoms with Crippen LogP contribution in [0.1, 0.15) is 11.1 Å². The van der Waals surface area contributed by atoms with Gasteiger partial charge in [0, 0.05) is 30.2 Å². The number of carbonyl (C=O) groups excluding carboxylic acids is 1. The molecule has 0 aliphatic carbocycles. The molecule has 1 unspecified atom stereocenters. The van der Waals surface area contributed by atoms with Gasteiger partial charge in [-0.3, -0.25) is 9.36 Å². The monoisotopic (exact) mass is 368 g/mol. The van der Waals surface area contributed by atoms with Gasteiger partial charge < -0.3 is 10.1 Å². The molecule has 6 nitrogen and oxygen atoms in total. The normalized spacial score (nSPS) is 15.8. The lowest BCUT2D eigenvalue weighted by Crippen LogP contribution is -2.37. The van der Waals surface area contributed by atoms with Crippen molar-refractivity contribution in [3.8, 4) is 11.6 Å². The second-order valence-corrected chi connectivity index (χ2v) is 6.61. The lowest BCUT2D eigenvalue weighted by molar-refractivity contribution is -0.126. The Kier molecular flexibility index (Phi) is 4.58. The Morgan fingerprint density at radius 3 is 3.04 bits per heavy atom. The standard InChI is InChI=1S/C19H17ClN4O2/c20-16-2-3-17-14(8-16)7-15(11-26-17)19(25)23-10-13-1-4-18(22-9-13)24-6-5-21-12-24/h1-6,8-9,12,15H,7,10-11H2,(H,23,25). The summed E-state index contributed by atoms with van der Waals surface area (Å²) in [5.41, 5.74) is 1.90. The van der Waals surface area contributed by atoms with E-state index in [1.807, 2.05) is 35.0 Å². The molecule has 1 amide bonds. The number of nitrogens with one attached hydrogen (secondary N) is 1. The van der Waals surface area contributed by atoms with Crippen LogP contribution in [-0.2, 0) is 17.8 Å². The van der Waals surface area contributed by atoms with Gasteiger partial charge in [0.1, 0.15) is 24.5 Å². The number of carbonyl (C=O) groups is 1. The van der Waals surface area contributed by atoms with E-state index < -0.39 is 0 Å². The first kappa shape index (κ1) is 16.6. The van der Waals surface area contributed by atoms with Gasteiger partial charge in [-0.25, -0.2) is 9.97 Å². The van der Waals surface area contributed by atoms with E-state index in [9.17, 15) is 4.79 Å². The summed E-state index contributed by atoms with van der Waals surface area (Å²) in [6, 6.07) is 9.33. The number of benzene rings is 1. The fraction of sp³-hybridized carbons (Fsp3) is 0.211. The van der Waals surface area contributed by atoms with E-state index in [1.165, 1.54) is 0 Å². The van der Waals surface area contributed by atoms with Gasteiger partial charge in [-0.05, 0) is 41.8 Å². The number of hydrogen-bond donors (Lipinski definition) is 1. The fourth-order valence-electron chi connectivity index (χ4n) is 2.93. The van der Waals surface area contributed by atoms with Crippen LogP contribution in [-0.4, -0.2) is 27.0 Å². The number of hydrogen-bond acceptors (Lipinski definition) is 4. The minimum absolute atomic E-state index is 0.0330. The molecule has 0 saturated carbocycles. The molecule has 0 radical (unpaired) electrons. The van der Waals surface area contributed by atoms with Gasteiger partial charge in [0.2, 0.25) is 5.91 Å². The third-order valence-corrected chi connectivity index (χ3v) is 4.58. The number of pyridine rings is 1. The Labute approximate surface area is 155 Å². The van der Waals surface area contributed by atoms with Crippen molar-refractivity contribution >= 4 is 17.5 Å². The molecule has 0 bridgehead atoms. The van der Waals surface area contributed by atoms with Gasteiger partial charge in [0.25, 0.3) is 0 Å². The molecule has 3 aromatic rings. The van der Waals surface area contributed by atoms with Gasteiger partial charge in [-0.1, -0.05) is 17.7 Å². The summed E-state index contributed by atoms with van der Waals surface area (Å²) >= 11 is 6.03. The number of halogens is 1. The molecule has 0 fully saturated rings. The van der Waals surface area contributed by atoms with E-state index in [1.54, 1.807) is 24.8 Å². The summed E-state index contributed by atoms with van der Waals surface area (Å²) in [7, 11) is 0. The van der Waals surface area contributed by atoms with Crippen molar-refractivity contribution < 1.29 is 9.53 Å². The zero-order valence-corrected chi connectivity index (χ0v) is 14.7. The summed E-state index contributed by atoms with van der Waals surface area (Å²) in [5.74, 6) is 1.33. The SMILES string of the molecule is O=C(NCc1ccc(-n2ccnc2)nc1)C1COc2ccc(Cl)cc2C1. The summed E-state index contributed by atoms with van der Waals surface area (Å²) in [5, 5.41) is 3.61. The highest BCUT2D eigenvalue weighted by Gasteiger charge is 2.26. The number of nitrogens with zero attached hydrogens (tertiary/aromatic N) is 3. The molecule has 3 heterocycles. The molecule has 0 saturated heterocycles. The average Bonchev–Trinajstić information content (AvgIpc) is 3.20. The molecule has 132 valence electrons. The molecule has 7 heteroatoms. The summed E-state index contributed by atoms with van der Waals surface area (Å²) in [6.07, 6.45) is 7.60. The molecule has 2 aromatic heterocycles. The molecule has 4 rings (SSSR count). The van der Waals surface area contributed by atoms with Crippen molar-refractivity contribution in [1.82, 2.24) is 19.9 Å². The van der Waals surface area contributed by atoms with Crippen molar-refractivity contribution in [3.05, 3.63) is 71.4 Å². The van der Waals surface area contributed by atoms with Gasteiger partial charge in [0.15, 0.2) is 0 Å². The van der Waals surface area contributed by atoms with E-state index in [0.717, 1.165) is 22.7 Å². The maximum Gasteiger partial charge on any atom is 0.227 e. The van der Waals surface area contributed by atoms with E-state index in [4.69, 9.17) is 16.3 Å². The van der Waals surface area contributed by atoms with Gasteiger partial charge in [0.05, 0.1) is 5.92 Å². The highest BCUT2D eigenvalue weighted by Crippen LogP contribution is 2.29. The predicted octanol–water partition coefficient (Wildman–Crippen LogP) is 2.79. The van der Waals surface area contributed by atoms with E-state index in [2.05, 4.69) is 15.3 Å². The van der Waals surface area contributed by atoms with Crippen LogP contribution in [0.5, 0.6) is 5.75 Å². The highest BCUT2D eigenvalue weighted by atomic mass is 35.5. The Morgan fingerprint density at radius 2 is 2.27 bits per heavy atom. The number of ether oxygens (including phenoxy) is 1. The van der Waals surface area contributed by atoms with Crippen LogP contribution >= 0.6 is 11.6 Å². The molecule has 1 N–H and O–H groups in total. The zero-order valence-electron chi connectivity index (χ0n) is 13.9. The Morgan fingerprint density at radius 1 is 1.35 bits per heavy atom. The van der Waals surface area contributed by atoms with Gasteiger partial charge in [-0.2, -0.15) is 0 Å². The quantitative estimate of drug-likeness (QED) is 0.768. The van der Waals surface area contributed by atoms with Crippen molar-refractivity contribution in [1.29, 1.82) is 0 Å². The summed E-state index contributed by atoms with van der Waals surface area (Å²) in [4.78, 5) is 20.8. The lowest BCUT2D eigenvalue weighted by Gasteiger charge is -2.24. The molecular formula is C19H17ClN4O2. The molecule has 0 spiro atoms. The van der Waals surface area contributed by atoms with Crippen molar-refractivity contribution in [2.24, 2.45) is 5.92 Å². The van der Waals surface area contributed by atoms with Crippen molar-refractivity contribution in [2.45, 2.75) is 13.0 Å². The average molecular weight is 369 g/mol. The van der Waals surface area contributed by atoms with E-state index in [-0.39, 0.29) is 11.8 Å². The maximum atomic E-state index is 12.5. The zero-order chi connectivity index (χ0) is 17.9. The Hall–Kier alpha value is -2.86. The van der Waals surface area contributed by atoms with Crippen molar-refractivity contribution in [3.63, 3.8) is 0 Å². The maximum absolute atomic E-state index is 12.5. The first-order valence-corrected chi connectivity index (χ1v) is 8.69. The van der Waals surface area contributed by atoms with Gasteiger partial charge in [-0.15, -0.1) is 0 Å². The number of imidazole rings is 1. The van der Waals surface area contributed by atoms with Crippen LogP contribution in [0.3, 0.4) is 0 Å². The number of fused-ring (bicyclic) bond motifs is 1. The fourth-order valence-corrected chi connectivity index (χ4v) is 3.13. The van der Waals surface area contributed by atoms with Crippen LogP contribution in [0.4, 0.5) is 0 Å². The molecule has 1 atom stereocenters. The van der Waals surface area contributed by atoms with Crippen LogP contribution in [0, 0.1) is 5.92 Å². The summed E-state index contributed by atoms with van der Waals surface area (Å²) in [6.45, 7) is 0.799. The second kappa shape index (κ2) is 7.17. The molecular weight excluding hydrogens is 352 g/mol. The third kappa shape index (κ3) is 3.55. The second-order valence-electron chi connectivity index (χ2n) is 6.18. The smallest absolute Gasteiger partial charge is 0.227 e. The number of aromatic nitrogens is 3. The molecule has 1 aliphatic rings. The van der Waals surface area contributed by atoms with Crippen molar-refractivity contribution in [2.75, 3.05) is 6.61 Å². The largest absolute Gasteiger partial charge is 0.492 e. The molecule has 1 aromatic carbocycles. The van der Waals surface area contributed by atoms with Crippen LogP contribution in [0.15, 0.2) is 55.2 Å². The first-order chi connectivity index (χ1) is 12.7. The Balaban J connectivity index is 1.35. The van der Waals surface area contributed by atoms with Gasteiger partial charge >= 0.3 is 0 Å². The first-order valence-electron chi connectivity index (χ1n) is 8.31. The van der Waals surface area contributed by atoms with E-state index in [0.29, 0.717) is 24.6 Å². The lowest BCUT2D eigenvalue weighted by atomic mass is 9.96. The van der Waals surface area contributed by atoms with Crippen LogP contribution in [0.25, 0.3) is 5.82 Å². The van der Waals surface area contributed by atoms with E-state index >= 15 is 0 Å². The Bertz CT molecular complexity index is 910. The molecule has 26 heavy (non-hydrogen) atoms. The minimum atomic E-state index is -0.223.